The van der Waals surface area contributed by atoms with Crippen LogP contribution in [-0.4, -0.2) is 19.1 Å². The van der Waals surface area contributed by atoms with E-state index in [1.807, 2.05) is 30.3 Å². The number of nitrogens with zero attached hydrogens (tertiary/aromatic N) is 1. The first-order valence-corrected chi connectivity index (χ1v) is 8.34. The van der Waals surface area contributed by atoms with Gasteiger partial charge in [-0.3, -0.25) is 4.79 Å². The second-order valence-corrected chi connectivity index (χ2v) is 5.40. The predicted octanol–water partition coefficient (Wildman–Crippen LogP) is 4.08. The zero-order valence-corrected chi connectivity index (χ0v) is 14.1. The Hall–Kier alpha value is -2.28. The molecule has 0 bridgehead atoms. The SMILES string of the molecule is CCCCCNC(=O)/C(C#N)=C/c1ccc(OCCCC)cc1. The summed E-state index contributed by atoms with van der Waals surface area (Å²) in [6.07, 6.45) is 6.84. The molecular formula is C19H26N2O2. The minimum absolute atomic E-state index is 0.126. The summed E-state index contributed by atoms with van der Waals surface area (Å²) in [7, 11) is 0. The second-order valence-electron chi connectivity index (χ2n) is 5.40. The van der Waals surface area contributed by atoms with Crippen molar-refractivity contribution in [3.05, 3.63) is 35.4 Å². The summed E-state index contributed by atoms with van der Waals surface area (Å²) in [6.45, 7) is 5.54. The maximum atomic E-state index is 12.0. The molecule has 0 spiro atoms. The number of benzene rings is 1. The van der Waals surface area contributed by atoms with E-state index in [1.54, 1.807) is 6.08 Å². The molecule has 1 aromatic carbocycles. The highest BCUT2D eigenvalue weighted by Crippen LogP contribution is 2.15. The summed E-state index contributed by atoms with van der Waals surface area (Å²) >= 11 is 0. The highest BCUT2D eigenvalue weighted by molar-refractivity contribution is 6.01. The highest BCUT2D eigenvalue weighted by atomic mass is 16.5. The smallest absolute Gasteiger partial charge is 0.261 e. The number of nitriles is 1. The first-order chi connectivity index (χ1) is 11.2. The third-order valence-electron chi connectivity index (χ3n) is 3.39. The third kappa shape index (κ3) is 7.51. The van der Waals surface area contributed by atoms with Crippen LogP contribution in [0.5, 0.6) is 5.75 Å². The first kappa shape index (κ1) is 18.8. The van der Waals surface area contributed by atoms with Gasteiger partial charge in [0.2, 0.25) is 0 Å². The standard InChI is InChI=1S/C19H26N2O2/c1-3-5-7-12-21-19(22)17(15-20)14-16-8-10-18(11-9-16)23-13-6-4-2/h8-11,14H,3-7,12-13H2,1-2H3,(H,21,22)/b17-14+. The average Bonchev–Trinajstić information content (AvgIpc) is 2.58. The number of carbonyl (C=O) groups excluding carboxylic acids is 1. The van der Waals surface area contributed by atoms with Gasteiger partial charge >= 0.3 is 0 Å². The quantitative estimate of drug-likeness (QED) is 0.402. The lowest BCUT2D eigenvalue weighted by molar-refractivity contribution is -0.117. The molecule has 0 aliphatic heterocycles. The molecule has 0 aromatic heterocycles. The van der Waals surface area contributed by atoms with Crippen molar-refractivity contribution < 1.29 is 9.53 Å². The van der Waals surface area contributed by atoms with E-state index in [4.69, 9.17) is 10.00 Å². The van der Waals surface area contributed by atoms with Gasteiger partial charge in [0.05, 0.1) is 6.61 Å². The molecule has 0 saturated heterocycles. The van der Waals surface area contributed by atoms with Gasteiger partial charge in [-0.15, -0.1) is 0 Å². The van der Waals surface area contributed by atoms with E-state index in [-0.39, 0.29) is 11.5 Å². The lowest BCUT2D eigenvalue weighted by Crippen LogP contribution is -2.25. The van der Waals surface area contributed by atoms with Crippen LogP contribution in [0.1, 0.15) is 51.5 Å². The van der Waals surface area contributed by atoms with Gasteiger partial charge in [-0.2, -0.15) is 5.26 Å². The van der Waals surface area contributed by atoms with Crippen LogP contribution in [0.3, 0.4) is 0 Å². The lowest BCUT2D eigenvalue weighted by atomic mass is 10.1. The van der Waals surface area contributed by atoms with E-state index in [1.165, 1.54) is 0 Å². The minimum Gasteiger partial charge on any atom is -0.494 e. The molecule has 4 heteroatoms. The third-order valence-corrected chi connectivity index (χ3v) is 3.39. The summed E-state index contributed by atoms with van der Waals surface area (Å²) in [5.74, 6) is 0.491. The molecule has 1 amide bonds. The largest absolute Gasteiger partial charge is 0.494 e. The topological polar surface area (TPSA) is 62.1 Å². The van der Waals surface area contributed by atoms with Crippen LogP contribution in [0.4, 0.5) is 0 Å². The van der Waals surface area contributed by atoms with Crippen LogP contribution in [0.25, 0.3) is 6.08 Å². The first-order valence-electron chi connectivity index (χ1n) is 8.34. The van der Waals surface area contributed by atoms with Crippen molar-refractivity contribution in [1.29, 1.82) is 5.26 Å². The summed E-state index contributed by atoms with van der Waals surface area (Å²) in [5.41, 5.74) is 0.939. The van der Waals surface area contributed by atoms with Crippen LogP contribution >= 0.6 is 0 Å². The van der Waals surface area contributed by atoms with Crippen molar-refractivity contribution in [2.75, 3.05) is 13.2 Å². The molecule has 0 heterocycles. The Morgan fingerprint density at radius 2 is 1.87 bits per heavy atom. The fourth-order valence-corrected chi connectivity index (χ4v) is 1.98. The monoisotopic (exact) mass is 314 g/mol. The van der Waals surface area contributed by atoms with Gasteiger partial charge in [0, 0.05) is 6.54 Å². The molecule has 1 rings (SSSR count). The molecule has 1 aromatic rings. The molecule has 0 fully saturated rings. The van der Waals surface area contributed by atoms with E-state index in [9.17, 15) is 4.79 Å². The van der Waals surface area contributed by atoms with Gasteiger partial charge < -0.3 is 10.1 Å². The summed E-state index contributed by atoms with van der Waals surface area (Å²) in [4.78, 5) is 12.0. The van der Waals surface area contributed by atoms with Crippen molar-refractivity contribution >= 4 is 12.0 Å². The predicted molar refractivity (Wildman–Crippen MR) is 93.0 cm³/mol. The zero-order valence-electron chi connectivity index (χ0n) is 14.1. The fourth-order valence-electron chi connectivity index (χ4n) is 1.98. The fraction of sp³-hybridized carbons (Fsp3) is 0.474. The van der Waals surface area contributed by atoms with E-state index >= 15 is 0 Å². The number of rotatable bonds is 10. The summed E-state index contributed by atoms with van der Waals surface area (Å²) < 4.78 is 5.59. The van der Waals surface area contributed by atoms with Gasteiger partial charge in [-0.1, -0.05) is 45.2 Å². The van der Waals surface area contributed by atoms with Gasteiger partial charge in [0.25, 0.3) is 5.91 Å². The molecule has 1 N–H and O–H groups in total. The van der Waals surface area contributed by atoms with Gasteiger partial charge in [-0.05, 0) is 36.6 Å². The molecule has 124 valence electrons. The van der Waals surface area contributed by atoms with E-state index < -0.39 is 0 Å². The molecule has 0 aliphatic carbocycles. The average molecular weight is 314 g/mol. The number of ether oxygens (including phenoxy) is 1. The van der Waals surface area contributed by atoms with Crippen molar-refractivity contribution in [3.63, 3.8) is 0 Å². The number of nitrogens with one attached hydrogen (secondary N) is 1. The molecule has 0 unspecified atom stereocenters. The summed E-state index contributed by atoms with van der Waals surface area (Å²) in [6, 6.07) is 9.38. The van der Waals surface area contributed by atoms with Gasteiger partial charge in [-0.25, -0.2) is 0 Å². The molecule has 0 saturated carbocycles. The normalized spacial score (nSPS) is 10.9. The Bertz CT molecular complexity index is 541. The number of unbranched alkanes of at least 4 members (excludes halogenated alkanes) is 3. The number of amides is 1. The second kappa shape index (κ2) is 11.3. The van der Waals surface area contributed by atoms with Crippen LogP contribution in [0.15, 0.2) is 29.8 Å². The van der Waals surface area contributed by atoms with Crippen LogP contribution < -0.4 is 10.1 Å². The molecule has 23 heavy (non-hydrogen) atoms. The Morgan fingerprint density at radius 1 is 1.17 bits per heavy atom. The van der Waals surface area contributed by atoms with Crippen LogP contribution in [-0.2, 0) is 4.79 Å². The Morgan fingerprint density at radius 3 is 2.48 bits per heavy atom. The Labute approximate surface area is 139 Å². The van der Waals surface area contributed by atoms with Crippen molar-refractivity contribution in [2.45, 2.75) is 46.0 Å². The zero-order chi connectivity index (χ0) is 16.9. The van der Waals surface area contributed by atoms with Crippen molar-refractivity contribution in [3.8, 4) is 11.8 Å². The van der Waals surface area contributed by atoms with E-state index in [0.29, 0.717) is 13.2 Å². The molecule has 4 nitrogen and oxygen atoms in total. The maximum Gasteiger partial charge on any atom is 0.261 e. The number of carbonyl (C=O) groups is 1. The molecule has 0 radical (unpaired) electrons. The number of hydrogen-bond donors (Lipinski definition) is 1. The lowest BCUT2D eigenvalue weighted by Gasteiger charge is -2.06. The van der Waals surface area contributed by atoms with Gasteiger partial charge in [0.1, 0.15) is 17.4 Å². The molecular weight excluding hydrogens is 288 g/mol. The Kier molecular flexibility index (Phi) is 9.23. The number of hydrogen-bond acceptors (Lipinski definition) is 3. The molecule has 0 atom stereocenters. The van der Waals surface area contributed by atoms with Crippen LogP contribution in [0.2, 0.25) is 0 Å². The summed E-state index contributed by atoms with van der Waals surface area (Å²) in [5, 5.41) is 11.9. The maximum absolute atomic E-state index is 12.0. The highest BCUT2D eigenvalue weighted by Gasteiger charge is 2.08. The van der Waals surface area contributed by atoms with E-state index in [2.05, 4.69) is 19.2 Å². The Balaban J connectivity index is 2.59. The van der Waals surface area contributed by atoms with E-state index in [0.717, 1.165) is 43.4 Å². The van der Waals surface area contributed by atoms with Crippen molar-refractivity contribution in [2.24, 2.45) is 0 Å². The van der Waals surface area contributed by atoms with Crippen LogP contribution in [0, 0.1) is 11.3 Å². The van der Waals surface area contributed by atoms with Gasteiger partial charge in [0.15, 0.2) is 0 Å². The van der Waals surface area contributed by atoms with Crippen molar-refractivity contribution in [1.82, 2.24) is 5.32 Å². The molecule has 0 aliphatic rings. The minimum atomic E-state index is -0.313.